The normalized spacial score (nSPS) is 15.3. The van der Waals surface area contributed by atoms with Gasteiger partial charge in [-0.15, -0.1) is 5.10 Å². The van der Waals surface area contributed by atoms with Crippen LogP contribution in [0.5, 0.6) is 0 Å². The second-order valence-corrected chi connectivity index (χ2v) is 7.27. The van der Waals surface area contributed by atoms with Crippen LogP contribution in [0.1, 0.15) is 11.1 Å². The predicted molar refractivity (Wildman–Crippen MR) is 108 cm³/mol. The number of piperazine rings is 1. The molecule has 1 aliphatic rings. The molecule has 0 spiro atoms. The monoisotopic (exact) mass is 381 g/mol. The van der Waals surface area contributed by atoms with Gasteiger partial charge in [0.15, 0.2) is 0 Å². The maximum Gasteiger partial charge on any atom is 0.288 e. The van der Waals surface area contributed by atoms with Crippen LogP contribution in [0.25, 0.3) is 11.5 Å². The van der Waals surface area contributed by atoms with Gasteiger partial charge < -0.3 is 9.32 Å². The van der Waals surface area contributed by atoms with Crippen molar-refractivity contribution in [1.29, 1.82) is 0 Å². The Bertz CT molecular complexity index is 974. The molecule has 0 N–H and O–H groups in total. The number of hydrogen-bond donors (Lipinski definition) is 0. The zero-order valence-corrected chi connectivity index (χ0v) is 16.4. The van der Waals surface area contributed by atoms with Gasteiger partial charge in [-0.2, -0.15) is 0 Å². The Morgan fingerprint density at radius 1 is 1.00 bits per heavy atom. The lowest BCUT2D eigenvalue weighted by Gasteiger charge is -2.35. The molecule has 3 aromatic rings. The Morgan fingerprint density at radius 2 is 1.74 bits per heavy atom. The molecule has 1 aliphatic heterocycles. The van der Waals surface area contributed by atoms with Crippen LogP contribution in [-0.4, -0.2) is 45.8 Å². The summed E-state index contributed by atoms with van der Waals surface area (Å²) >= 11 is 5.39. The molecule has 4 rings (SSSR count). The van der Waals surface area contributed by atoms with E-state index in [-0.39, 0.29) is 0 Å². The molecule has 0 saturated carbocycles. The molecule has 27 heavy (non-hydrogen) atoms. The Hall–Kier alpha value is -2.51. The van der Waals surface area contributed by atoms with Crippen molar-refractivity contribution in [2.75, 3.05) is 31.1 Å². The summed E-state index contributed by atoms with van der Waals surface area (Å²) in [6.45, 7) is 8.69. The van der Waals surface area contributed by atoms with Crippen molar-refractivity contribution >= 4 is 17.9 Å². The van der Waals surface area contributed by atoms with E-state index in [0.717, 1.165) is 31.7 Å². The number of aryl methyl sites for hydroxylation is 2. The molecule has 0 radical (unpaired) electrons. The van der Waals surface area contributed by atoms with Crippen LogP contribution in [0.15, 0.2) is 47.1 Å². The van der Waals surface area contributed by atoms with E-state index in [4.69, 9.17) is 16.6 Å². The Kier molecular flexibility index (Phi) is 5.05. The highest BCUT2D eigenvalue weighted by Crippen LogP contribution is 2.21. The van der Waals surface area contributed by atoms with Crippen molar-refractivity contribution in [2.45, 2.75) is 20.5 Å². The summed E-state index contributed by atoms with van der Waals surface area (Å²) in [5, 5.41) is 4.60. The number of anilines is 1. The highest BCUT2D eigenvalue weighted by molar-refractivity contribution is 7.71. The molecule has 0 aliphatic carbocycles. The van der Waals surface area contributed by atoms with Crippen molar-refractivity contribution in [2.24, 2.45) is 0 Å². The number of nitrogens with zero attached hydrogens (tertiary/aromatic N) is 5. The summed E-state index contributed by atoms with van der Waals surface area (Å²) in [7, 11) is 0. The van der Waals surface area contributed by atoms with E-state index in [1.165, 1.54) is 16.8 Å². The average Bonchev–Trinajstić information content (AvgIpc) is 3.06. The number of pyridine rings is 1. The average molecular weight is 382 g/mol. The first kappa shape index (κ1) is 17.9. The van der Waals surface area contributed by atoms with Gasteiger partial charge in [-0.05, 0) is 61.5 Å². The smallest absolute Gasteiger partial charge is 0.288 e. The van der Waals surface area contributed by atoms with E-state index in [9.17, 15) is 0 Å². The van der Waals surface area contributed by atoms with Crippen LogP contribution in [0.2, 0.25) is 0 Å². The lowest BCUT2D eigenvalue weighted by molar-refractivity contribution is 0.192. The summed E-state index contributed by atoms with van der Waals surface area (Å²) < 4.78 is 7.53. The van der Waals surface area contributed by atoms with E-state index < -0.39 is 0 Å². The molecule has 1 saturated heterocycles. The fourth-order valence-electron chi connectivity index (χ4n) is 3.28. The number of hydrogen-bond acceptors (Lipinski definition) is 6. The predicted octanol–water partition coefficient (Wildman–Crippen LogP) is 3.66. The van der Waals surface area contributed by atoms with Crippen LogP contribution < -0.4 is 4.90 Å². The second kappa shape index (κ2) is 7.62. The van der Waals surface area contributed by atoms with Crippen molar-refractivity contribution < 1.29 is 4.42 Å². The van der Waals surface area contributed by atoms with E-state index in [2.05, 4.69) is 58.0 Å². The SMILES string of the molecule is Cc1ccc(-c2nn(CN3CCN(c4ccncc4)CC3)c(=S)o2)cc1C. The topological polar surface area (TPSA) is 50.3 Å². The highest BCUT2D eigenvalue weighted by Gasteiger charge is 2.19. The number of rotatable bonds is 4. The van der Waals surface area contributed by atoms with Crippen LogP contribution >= 0.6 is 12.2 Å². The molecule has 0 bridgehead atoms. The largest absolute Gasteiger partial charge is 0.409 e. The van der Waals surface area contributed by atoms with Crippen LogP contribution in [-0.2, 0) is 6.67 Å². The molecule has 7 heteroatoms. The quantitative estimate of drug-likeness (QED) is 0.643. The Labute approximate surface area is 164 Å². The van der Waals surface area contributed by atoms with Gasteiger partial charge in [0.25, 0.3) is 4.84 Å². The third-order valence-electron chi connectivity index (χ3n) is 5.09. The summed E-state index contributed by atoms with van der Waals surface area (Å²) in [6, 6.07) is 10.3. The lowest BCUT2D eigenvalue weighted by Crippen LogP contribution is -2.46. The first-order valence-corrected chi connectivity index (χ1v) is 9.54. The third kappa shape index (κ3) is 3.94. The van der Waals surface area contributed by atoms with Crippen molar-refractivity contribution in [1.82, 2.24) is 19.7 Å². The molecule has 1 fully saturated rings. The minimum atomic E-state index is 0.416. The van der Waals surface area contributed by atoms with Gasteiger partial charge >= 0.3 is 0 Å². The molecule has 140 valence electrons. The maximum absolute atomic E-state index is 5.75. The van der Waals surface area contributed by atoms with Crippen molar-refractivity contribution in [3.8, 4) is 11.5 Å². The van der Waals surface area contributed by atoms with E-state index in [0.29, 0.717) is 17.4 Å². The van der Waals surface area contributed by atoms with E-state index >= 15 is 0 Å². The zero-order valence-electron chi connectivity index (χ0n) is 15.6. The molecule has 0 unspecified atom stereocenters. The van der Waals surface area contributed by atoms with Gasteiger partial charge in [0.05, 0.1) is 6.67 Å². The van der Waals surface area contributed by atoms with Gasteiger partial charge in [0, 0.05) is 49.8 Å². The van der Waals surface area contributed by atoms with Crippen LogP contribution in [0.3, 0.4) is 0 Å². The summed E-state index contributed by atoms with van der Waals surface area (Å²) in [6.07, 6.45) is 3.68. The van der Waals surface area contributed by atoms with Crippen LogP contribution in [0.4, 0.5) is 5.69 Å². The Morgan fingerprint density at radius 3 is 2.44 bits per heavy atom. The number of aromatic nitrogens is 3. The summed E-state index contributed by atoms with van der Waals surface area (Å²) in [5.41, 5.74) is 4.66. The standard InChI is InChI=1S/C20H23N5OS/c1-15-3-4-17(13-16(15)2)19-22-25(20(27)26-19)14-23-9-11-24(12-10-23)18-5-7-21-8-6-18/h3-8,13H,9-12,14H2,1-2H3. The highest BCUT2D eigenvalue weighted by atomic mass is 32.1. The number of benzene rings is 1. The van der Waals surface area contributed by atoms with Crippen molar-refractivity contribution in [3.05, 3.63) is 58.7 Å². The van der Waals surface area contributed by atoms with Gasteiger partial charge in [-0.25, -0.2) is 4.68 Å². The first-order chi connectivity index (χ1) is 13.1. The van der Waals surface area contributed by atoms with Crippen molar-refractivity contribution in [3.63, 3.8) is 0 Å². The molecule has 1 aromatic carbocycles. The zero-order chi connectivity index (χ0) is 18.8. The van der Waals surface area contributed by atoms with Crippen LogP contribution in [0, 0.1) is 18.7 Å². The summed E-state index contributed by atoms with van der Waals surface area (Å²) in [5.74, 6) is 0.582. The second-order valence-electron chi connectivity index (χ2n) is 6.92. The molecule has 0 atom stereocenters. The third-order valence-corrected chi connectivity index (χ3v) is 5.39. The van der Waals surface area contributed by atoms with E-state index in [1.54, 1.807) is 4.68 Å². The van der Waals surface area contributed by atoms with E-state index in [1.807, 2.05) is 18.5 Å². The fraction of sp³-hybridized carbons (Fsp3) is 0.350. The molecule has 2 aromatic heterocycles. The molecular formula is C20H23N5OS. The lowest BCUT2D eigenvalue weighted by atomic mass is 10.1. The fourth-order valence-corrected chi connectivity index (χ4v) is 3.46. The minimum Gasteiger partial charge on any atom is -0.409 e. The molecule has 0 amide bonds. The van der Waals surface area contributed by atoms with Gasteiger partial charge in [-0.3, -0.25) is 9.88 Å². The van der Waals surface area contributed by atoms with Gasteiger partial charge in [-0.1, -0.05) is 6.07 Å². The molecular weight excluding hydrogens is 358 g/mol. The van der Waals surface area contributed by atoms with Gasteiger partial charge in [0.2, 0.25) is 5.89 Å². The Balaban J connectivity index is 1.43. The maximum atomic E-state index is 5.75. The van der Waals surface area contributed by atoms with Gasteiger partial charge in [0.1, 0.15) is 0 Å². The summed E-state index contributed by atoms with van der Waals surface area (Å²) in [4.78, 5) is 9.23. The molecule has 6 nitrogen and oxygen atoms in total. The molecule has 3 heterocycles. The minimum absolute atomic E-state index is 0.416. The first-order valence-electron chi connectivity index (χ1n) is 9.13.